The van der Waals surface area contributed by atoms with E-state index in [-0.39, 0.29) is 12.5 Å². The van der Waals surface area contributed by atoms with Crippen molar-refractivity contribution in [2.24, 2.45) is 0 Å². The highest BCUT2D eigenvalue weighted by molar-refractivity contribution is 5.90. The highest BCUT2D eigenvalue weighted by Crippen LogP contribution is 2.25. The van der Waals surface area contributed by atoms with Gasteiger partial charge in [0.25, 0.3) is 5.56 Å². The summed E-state index contributed by atoms with van der Waals surface area (Å²) in [6, 6.07) is 19.7. The van der Waals surface area contributed by atoms with Gasteiger partial charge >= 0.3 is 0 Å². The van der Waals surface area contributed by atoms with Gasteiger partial charge in [0.1, 0.15) is 12.2 Å². The van der Waals surface area contributed by atoms with Gasteiger partial charge in [0.15, 0.2) is 5.75 Å². The lowest BCUT2D eigenvalue weighted by atomic mass is 10.1. The van der Waals surface area contributed by atoms with E-state index < -0.39 is 5.56 Å². The smallest absolute Gasteiger partial charge is 0.270 e. The van der Waals surface area contributed by atoms with E-state index in [4.69, 9.17) is 4.74 Å². The normalized spacial score (nSPS) is 10.3. The zero-order chi connectivity index (χ0) is 17.6. The molecular weight excluding hydrogens is 318 g/mol. The van der Waals surface area contributed by atoms with Crippen LogP contribution in [0, 0.1) is 0 Å². The molecule has 0 aliphatic carbocycles. The predicted octanol–water partition coefficient (Wildman–Crippen LogP) is 2.56. The Morgan fingerprint density at radius 3 is 2.36 bits per heavy atom. The molecule has 126 valence electrons. The molecule has 25 heavy (non-hydrogen) atoms. The Balaban J connectivity index is 1.89. The number of hydrogen-bond donors (Lipinski definition) is 1. The first-order chi connectivity index (χ1) is 12.2. The molecule has 3 aromatic rings. The van der Waals surface area contributed by atoms with Crippen LogP contribution in [0.25, 0.3) is 11.3 Å². The van der Waals surface area contributed by atoms with Crippen molar-refractivity contribution in [1.29, 1.82) is 0 Å². The van der Waals surface area contributed by atoms with Crippen LogP contribution in [0.3, 0.4) is 0 Å². The highest BCUT2D eigenvalue weighted by Gasteiger charge is 2.13. The molecule has 0 radical (unpaired) electrons. The maximum Gasteiger partial charge on any atom is 0.270 e. The Labute approximate surface area is 144 Å². The Kier molecular flexibility index (Phi) is 4.89. The third kappa shape index (κ3) is 3.92. The molecule has 1 aromatic heterocycles. The number of methoxy groups -OCH3 is 1. The minimum atomic E-state index is -0.403. The van der Waals surface area contributed by atoms with Crippen molar-refractivity contribution >= 4 is 11.6 Å². The largest absolute Gasteiger partial charge is 0.494 e. The standard InChI is InChI=1S/C19H17N3O3/c1-25-16-12-18(24)22(21-19(16)14-8-4-2-5-9-14)13-17(23)20-15-10-6-3-7-11-15/h2-12H,13H2,1H3,(H,20,23). The number of aromatic nitrogens is 2. The monoisotopic (exact) mass is 335 g/mol. The molecule has 0 saturated heterocycles. The minimum Gasteiger partial charge on any atom is -0.494 e. The molecule has 1 heterocycles. The van der Waals surface area contributed by atoms with Crippen LogP contribution in [-0.4, -0.2) is 22.8 Å². The van der Waals surface area contributed by atoms with Gasteiger partial charge < -0.3 is 10.1 Å². The van der Waals surface area contributed by atoms with Crippen molar-refractivity contribution in [1.82, 2.24) is 9.78 Å². The number of carbonyl (C=O) groups is 1. The lowest BCUT2D eigenvalue weighted by Crippen LogP contribution is -2.29. The predicted molar refractivity (Wildman–Crippen MR) is 95.6 cm³/mol. The van der Waals surface area contributed by atoms with Crippen LogP contribution in [0.1, 0.15) is 0 Å². The van der Waals surface area contributed by atoms with Gasteiger partial charge in [-0.3, -0.25) is 9.59 Å². The fourth-order valence-corrected chi connectivity index (χ4v) is 2.40. The number of hydrogen-bond acceptors (Lipinski definition) is 4. The summed E-state index contributed by atoms with van der Waals surface area (Å²) in [5, 5.41) is 7.05. The number of para-hydroxylation sites is 1. The highest BCUT2D eigenvalue weighted by atomic mass is 16.5. The number of anilines is 1. The van der Waals surface area contributed by atoms with Crippen molar-refractivity contribution in [3.8, 4) is 17.0 Å². The van der Waals surface area contributed by atoms with E-state index >= 15 is 0 Å². The first-order valence-corrected chi connectivity index (χ1v) is 7.74. The fraction of sp³-hybridized carbons (Fsp3) is 0.105. The third-order valence-corrected chi connectivity index (χ3v) is 3.58. The molecule has 6 heteroatoms. The summed E-state index contributed by atoms with van der Waals surface area (Å²) in [6.45, 7) is -0.183. The lowest BCUT2D eigenvalue weighted by Gasteiger charge is -2.11. The molecule has 1 amide bonds. The van der Waals surface area contributed by atoms with Gasteiger partial charge in [-0.2, -0.15) is 5.10 Å². The summed E-state index contributed by atoms with van der Waals surface area (Å²) >= 11 is 0. The molecule has 1 N–H and O–H groups in total. The SMILES string of the molecule is COc1cc(=O)n(CC(=O)Nc2ccccc2)nc1-c1ccccc1. The zero-order valence-corrected chi connectivity index (χ0v) is 13.7. The molecule has 6 nitrogen and oxygen atoms in total. The van der Waals surface area contributed by atoms with Crippen molar-refractivity contribution < 1.29 is 9.53 Å². The van der Waals surface area contributed by atoms with Crippen LogP contribution < -0.4 is 15.6 Å². The van der Waals surface area contributed by atoms with Crippen molar-refractivity contribution in [2.45, 2.75) is 6.54 Å². The van der Waals surface area contributed by atoms with E-state index in [9.17, 15) is 9.59 Å². The molecule has 3 rings (SSSR count). The van der Waals surface area contributed by atoms with E-state index in [1.165, 1.54) is 13.2 Å². The maximum atomic E-state index is 12.2. The van der Waals surface area contributed by atoms with Crippen molar-refractivity contribution in [3.05, 3.63) is 77.1 Å². The van der Waals surface area contributed by atoms with Crippen LogP contribution in [0.15, 0.2) is 71.5 Å². The van der Waals surface area contributed by atoms with Gasteiger partial charge in [-0.15, -0.1) is 0 Å². The number of benzene rings is 2. The van der Waals surface area contributed by atoms with Crippen LogP contribution in [-0.2, 0) is 11.3 Å². The minimum absolute atomic E-state index is 0.183. The summed E-state index contributed by atoms with van der Waals surface area (Å²) in [7, 11) is 1.48. The first kappa shape index (κ1) is 16.4. The Morgan fingerprint density at radius 1 is 1.08 bits per heavy atom. The number of ether oxygens (including phenoxy) is 1. The molecule has 0 atom stereocenters. The second-order valence-electron chi connectivity index (χ2n) is 5.34. The molecule has 0 aliphatic heterocycles. The molecular formula is C19H17N3O3. The molecule has 0 unspecified atom stereocenters. The van der Waals surface area contributed by atoms with E-state index in [1.54, 1.807) is 12.1 Å². The average molecular weight is 335 g/mol. The molecule has 0 spiro atoms. The summed E-state index contributed by atoms with van der Waals surface area (Å²) in [4.78, 5) is 24.4. The van der Waals surface area contributed by atoms with Gasteiger partial charge in [-0.1, -0.05) is 48.5 Å². The lowest BCUT2D eigenvalue weighted by molar-refractivity contribution is -0.117. The van der Waals surface area contributed by atoms with E-state index in [1.807, 2.05) is 48.5 Å². The Bertz CT molecular complexity index is 922. The average Bonchev–Trinajstić information content (AvgIpc) is 2.64. The van der Waals surface area contributed by atoms with Gasteiger partial charge in [-0.25, -0.2) is 4.68 Å². The quantitative estimate of drug-likeness (QED) is 0.778. The van der Waals surface area contributed by atoms with E-state index in [0.717, 1.165) is 10.2 Å². The first-order valence-electron chi connectivity index (χ1n) is 7.74. The summed E-state index contributed by atoms with van der Waals surface area (Å²) in [5.41, 5.74) is 1.57. The Morgan fingerprint density at radius 2 is 1.72 bits per heavy atom. The van der Waals surface area contributed by atoms with Crippen molar-refractivity contribution in [3.63, 3.8) is 0 Å². The number of amides is 1. The summed E-state index contributed by atoms with van der Waals surface area (Å²) in [6.07, 6.45) is 0. The van der Waals surface area contributed by atoms with Crippen LogP contribution >= 0.6 is 0 Å². The molecule has 0 aliphatic rings. The number of rotatable bonds is 5. The topological polar surface area (TPSA) is 73.2 Å². The van der Waals surface area contributed by atoms with Crippen LogP contribution in [0.2, 0.25) is 0 Å². The van der Waals surface area contributed by atoms with Crippen LogP contribution in [0.4, 0.5) is 5.69 Å². The van der Waals surface area contributed by atoms with Crippen LogP contribution in [0.5, 0.6) is 5.75 Å². The third-order valence-electron chi connectivity index (χ3n) is 3.58. The van der Waals surface area contributed by atoms with Gasteiger partial charge in [0.2, 0.25) is 5.91 Å². The van der Waals surface area contributed by atoms with E-state index in [2.05, 4.69) is 10.4 Å². The second kappa shape index (κ2) is 7.44. The molecule has 0 fully saturated rings. The van der Waals surface area contributed by atoms with E-state index in [0.29, 0.717) is 17.1 Å². The second-order valence-corrected chi connectivity index (χ2v) is 5.34. The molecule has 2 aromatic carbocycles. The van der Waals surface area contributed by atoms with Gasteiger partial charge in [0.05, 0.1) is 7.11 Å². The van der Waals surface area contributed by atoms with Gasteiger partial charge in [-0.05, 0) is 12.1 Å². The molecule has 0 saturated carbocycles. The summed E-state index contributed by atoms with van der Waals surface area (Å²) in [5.74, 6) is 0.0425. The number of carbonyl (C=O) groups excluding carboxylic acids is 1. The summed E-state index contributed by atoms with van der Waals surface area (Å²) < 4.78 is 6.39. The maximum absolute atomic E-state index is 12.2. The Hall–Kier alpha value is -3.41. The molecule has 0 bridgehead atoms. The van der Waals surface area contributed by atoms with Crippen molar-refractivity contribution in [2.75, 3.05) is 12.4 Å². The fourth-order valence-electron chi connectivity index (χ4n) is 2.40. The number of nitrogens with one attached hydrogen (secondary N) is 1. The number of nitrogens with zero attached hydrogens (tertiary/aromatic N) is 2. The van der Waals surface area contributed by atoms with Gasteiger partial charge in [0, 0.05) is 17.3 Å². The zero-order valence-electron chi connectivity index (χ0n) is 13.7.